The number of nitrogens with zero attached hydrogens (tertiary/aromatic N) is 1. The fraction of sp³-hybridized carbons (Fsp3) is 0.364. The number of nitriles is 1. The minimum absolute atomic E-state index is 0.0235. The third-order valence-electron chi connectivity index (χ3n) is 1.90. The summed E-state index contributed by atoms with van der Waals surface area (Å²) >= 11 is 0. The summed E-state index contributed by atoms with van der Waals surface area (Å²) in [7, 11) is 0. The second-order valence-electron chi connectivity index (χ2n) is 2.95. The largest absolute Gasteiger partial charge is 0.476 e. The Kier molecular flexibility index (Phi) is 3.96. The number of hydrogen-bond acceptors (Lipinski definition) is 3. The molecule has 0 aliphatic heterocycles. The van der Waals surface area contributed by atoms with Crippen LogP contribution in [-0.4, -0.2) is 11.2 Å². The summed E-state index contributed by atoms with van der Waals surface area (Å²) in [6.45, 7) is 1.92. The van der Waals surface area contributed by atoms with E-state index in [1.54, 1.807) is 24.3 Å². The van der Waals surface area contributed by atoms with Crippen molar-refractivity contribution in [3.63, 3.8) is 0 Å². The van der Waals surface area contributed by atoms with Gasteiger partial charge in [-0.05, 0) is 24.1 Å². The summed E-state index contributed by atoms with van der Waals surface area (Å²) in [5.74, 6) is 0.663. The first-order valence-corrected chi connectivity index (χ1v) is 4.56. The second kappa shape index (κ2) is 5.25. The van der Waals surface area contributed by atoms with Gasteiger partial charge >= 0.3 is 0 Å². The third-order valence-corrected chi connectivity index (χ3v) is 1.90. The maximum Gasteiger partial charge on any atom is 0.184 e. The lowest BCUT2D eigenvalue weighted by molar-refractivity contribution is 0.251. The summed E-state index contributed by atoms with van der Waals surface area (Å²) in [5, 5.41) is 17.5. The van der Waals surface area contributed by atoms with E-state index in [0.29, 0.717) is 12.2 Å². The van der Waals surface area contributed by atoms with Gasteiger partial charge in [-0.2, -0.15) is 5.26 Å². The van der Waals surface area contributed by atoms with E-state index in [4.69, 9.17) is 15.1 Å². The van der Waals surface area contributed by atoms with Crippen LogP contribution in [0.4, 0.5) is 0 Å². The molecule has 1 rings (SSSR count). The normalized spacial score (nSPS) is 11.8. The third kappa shape index (κ3) is 2.75. The van der Waals surface area contributed by atoms with E-state index in [0.717, 1.165) is 5.56 Å². The van der Waals surface area contributed by atoms with Gasteiger partial charge in [-0.25, -0.2) is 0 Å². The van der Waals surface area contributed by atoms with E-state index in [1.165, 1.54) is 0 Å². The molecule has 0 aromatic heterocycles. The number of aliphatic hydroxyl groups excluding tert-OH is 1. The van der Waals surface area contributed by atoms with Crippen molar-refractivity contribution in [2.75, 3.05) is 0 Å². The Bertz CT molecular complexity index is 313. The highest BCUT2D eigenvalue weighted by atomic mass is 16.5. The van der Waals surface area contributed by atoms with Crippen molar-refractivity contribution in [3.8, 4) is 11.8 Å². The van der Waals surface area contributed by atoms with E-state index in [2.05, 4.69) is 6.07 Å². The lowest BCUT2D eigenvalue weighted by Gasteiger charge is -2.09. The van der Waals surface area contributed by atoms with Gasteiger partial charge in [0.15, 0.2) is 6.10 Å². The van der Waals surface area contributed by atoms with Gasteiger partial charge in [-0.15, -0.1) is 0 Å². The molecule has 0 amide bonds. The molecule has 0 radical (unpaired) electrons. The number of ether oxygens (including phenoxy) is 1. The highest BCUT2D eigenvalue weighted by Gasteiger charge is 2.05. The second-order valence-corrected chi connectivity index (χ2v) is 2.95. The lowest BCUT2D eigenvalue weighted by atomic mass is 10.2. The van der Waals surface area contributed by atoms with Crippen LogP contribution in [0.1, 0.15) is 18.9 Å². The van der Waals surface area contributed by atoms with Crippen LogP contribution >= 0.6 is 0 Å². The molecule has 0 aliphatic rings. The smallest absolute Gasteiger partial charge is 0.184 e. The zero-order chi connectivity index (χ0) is 10.4. The Morgan fingerprint density at radius 2 is 2.07 bits per heavy atom. The Labute approximate surface area is 83.6 Å². The molecule has 0 spiro atoms. The van der Waals surface area contributed by atoms with Crippen molar-refractivity contribution in [1.29, 1.82) is 5.26 Å². The van der Waals surface area contributed by atoms with Crippen LogP contribution in [-0.2, 0) is 6.61 Å². The number of aliphatic hydroxyl groups is 1. The van der Waals surface area contributed by atoms with Gasteiger partial charge < -0.3 is 9.84 Å². The van der Waals surface area contributed by atoms with Crippen molar-refractivity contribution in [3.05, 3.63) is 29.8 Å². The van der Waals surface area contributed by atoms with Gasteiger partial charge in [-0.3, -0.25) is 0 Å². The molecule has 1 aromatic carbocycles. The van der Waals surface area contributed by atoms with Gasteiger partial charge in [0.1, 0.15) is 11.8 Å². The van der Waals surface area contributed by atoms with Crippen LogP contribution in [0.2, 0.25) is 0 Å². The van der Waals surface area contributed by atoms with Crippen molar-refractivity contribution in [2.24, 2.45) is 0 Å². The van der Waals surface area contributed by atoms with Gasteiger partial charge in [0.05, 0.1) is 6.61 Å². The van der Waals surface area contributed by atoms with E-state index >= 15 is 0 Å². The summed E-state index contributed by atoms with van der Waals surface area (Å²) in [4.78, 5) is 0. The summed E-state index contributed by atoms with van der Waals surface area (Å²) in [6.07, 6.45) is 0.271. The fourth-order valence-electron chi connectivity index (χ4n) is 1.04. The molecule has 14 heavy (non-hydrogen) atoms. The molecule has 0 bridgehead atoms. The molecule has 1 unspecified atom stereocenters. The summed E-state index contributed by atoms with van der Waals surface area (Å²) in [6, 6.07) is 9.12. The summed E-state index contributed by atoms with van der Waals surface area (Å²) in [5.41, 5.74) is 0.836. The molecule has 3 heteroatoms. The Balaban J connectivity index is 2.64. The molecule has 0 saturated heterocycles. The average Bonchev–Trinajstić information content (AvgIpc) is 2.26. The first-order valence-electron chi connectivity index (χ1n) is 4.56. The molecule has 0 aliphatic carbocycles. The topological polar surface area (TPSA) is 53.2 Å². The Morgan fingerprint density at radius 3 is 2.50 bits per heavy atom. The van der Waals surface area contributed by atoms with Crippen LogP contribution in [0.3, 0.4) is 0 Å². The first kappa shape index (κ1) is 10.6. The minimum Gasteiger partial charge on any atom is -0.476 e. The van der Waals surface area contributed by atoms with E-state index in [1.807, 2.05) is 6.92 Å². The van der Waals surface area contributed by atoms with Crippen molar-refractivity contribution in [2.45, 2.75) is 26.1 Å². The minimum atomic E-state index is -0.394. The quantitative estimate of drug-likeness (QED) is 0.790. The molecule has 74 valence electrons. The maximum atomic E-state index is 8.81. The molecule has 0 heterocycles. The first-order chi connectivity index (χ1) is 6.80. The van der Waals surface area contributed by atoms with Crippen molar-refractivity contribution < 1.29 is 9.84 Å². The van der Waals surface area contributed by atoms with Gasteiger partial charge in [0.25, 0.3) is 0 Å². The van der Waals surface area contributed by atoms with Gasteiger partial charge in [-0.1, -0.05) is 19.1 Å². The molecular formula is C11H13NO2. The average molecular weight is 191 g/mol. The maximum absolute atomic E-state index is 8.81. The van der Waals surface area contributed by atoms with Crippen LogP contribution in [0, 0.1) is 11.3 Å². The monoisotopic (exact) mass is 191 g/mol. The van der Waals surface area contributed by atoms with Crippen molar-refractivity contribution in [1.82, 2.24) is 0 Å². The van der Waals surface area contributed by atoms with Gasteiger partial charge in [0, 0.05) is 0 Å². The van der Waals surface area contributed by atoms with E-state index in [-0.39, 0.29) is 6.61 Å². The molecule has 1 N–H and O–H groups in total. The molecule has 1 atom stereocenters. The highest BCUT2D eigenvalue weighted by molar-refractivity contribution is 5.27. The molecule has 0 saturated carbocycles. The zero-order valence-electron chi connectivity index (χ0n) is 8.10. The molecular weight excluding hydrogens is 178 g/mol. The molecule has 3 nitrogen and oxygen atoms in total. The zero-order valence-corrected chi connectivity index (χ0v) is 8.10. The number of rotatable bonds is 4. The van der Waals surface area contributed by atoms with Crippen LogP contribution in [0.25, 0.3) is 0 Å². The highest BCUT2D eigenvalue weighted by Crippen LogP contribution is 2.14. The standard InChI is InChI=1S/C11H13NO2/c1-2-10(7-12)14-11-5-3-9(8-13)4-6-11/h3-6,10,13H,2,8H2,1H3. The van der Waals surface area contributed by atoms with Gasteiger partial charge in [0.2, 0.25) is 0 Å². The van der Waals surface area contributed by atoms with Crippen LogP contribution in [0.5, 0.6) is 5.75 Å². The van der Waals surface area contributed by atoms with Crippen molar-refractivity contribution >= 4 is 0 Å². The van der Waals surface area contributed by atoms with E-state index in [9.17, 15) is 0 Å². The predicted molar refractivity (Wildman–Crippen MR) is 52.7 cm³/mol. The lowest BCUT2D eigenvalue weighted by Crippen LogP contribution is -2.11. The predicted octanol–water partition coefficient (Wildman–Crippen LogP) is 1.86. The number of hydrogen-bond donors (Lipinski definition) is 1. The Hall–Kier alpha value is -1.53. The molecule has 0 fully saturated rings. The molecule has 1 aromatic rings. The van der Waals surface area contributed by atoms with E-state index < -0.39 is 6.10 Å². The van der Waals surface area contributed by atoms with Crippen LogP contribution in [0.15, 0.2) is 24.3 Å². The summed E-state index contributed by atoms with van der Waals surface area (Å²) < 4.78 is 5.37. The Morgan fingerprint density at radius 1 is 1.43 bits per heavy atom. The number of benzene rings is 1. The SMILES string of the molecule is CCC(C#N)Oc1ccc(CO)cc1. The fourth-order valence-corrected chi connectivity index (χ4v) is 1.04. The van der Waals surface area contributed by atoms with Crippen LogP contribution < -0.4 is 4.74 Å².